The maximum Gasteiger partial charge on any atom is 0.527 e. The van der Waals surface area contributed by atoms with Crippen LogP contribution in [0, 0.1) is 0 Å². The van der Waals surface area contributed by atoms with E-state index in [4.69, 9.17) is 22.2 Å². The Bertz CT molecular complexity index is 513. The molecule has 0 heterocycles. The summed E-state index contributed by atoms with van der Waals surface area (Å²) in [4.78, 5) is 0. The topological polar surface area (TPSA) is 9.23 Å². The molecular formula is C10H7Cl2F7OSi. The lowest BCUT2D eigenvalue weighted by Gasteiger charge is -2.27. The van der Waals surface area contributed by atoms with E-state index in [2.05, 4.69) is 4.74 Å². The van der Waals surface area contributed by atoms with Crippen LogP contribution in [0.2, 0.25) is 6.55 Å². The zero-order valence-corrected chi connectivity index (χ0v) is 12.6. The lowest BCUT2D eigenvalue weighted by molar-refractivity contribution is -0.469. The van der Waals surface area contributed by atoms with Crippen molar-refractivity contribution in [2.45, 2.75) is 24.9 Å². The molecule has 0 amide bonds. The normalized spacial score (nSPS) is 14.4. The molecule has 0 N–H and O–H groups in total. The summed E-state index contributed by atoms with van der Waals surface area (Å²) < 4.78 is 90.9. The molecule has 0 aliphatic carbocycles. The predicted molar refractivity (Wildman–Crippen MR) is 65.4 cm³/mol. The van der Waals surface area contributed by atoms with Crippen molar-refractivity contribution >= 4 is 34.0 Å². The van der Waals surface area contributed by atoms with Crippen molar-refractivity contribution < 1.29 is 35.5 Å². The monoisotopic (exact) mass is 374 g/mol. The van der Waals surface area contributed by atoms with Crippen LogP contribution in [0.5, 0.6) is 0 Å². The molecule has 0 unspecified atom stereocenters. The summed E-state index contributed by atoms with van der Waals surface area (Å²) in [6.07, 6.45) is -11.7. The van der Waals surface area contributed by atoms with Crippen molar-refractivity contribution in [3.8, 4) is 0 Å². The van der Waals surface area contributed by atoms with Crippen molar-refractivity contribution in [1.29, 1.82) is 0 Å². The van der Waals surface area contributed by atoms with Gasteiger partial charge in [0.05, 0.1) is 0 Å². The molecule has 0 aliphatic heterocycles. The van der Waals surface area contributed by atoms with Gasteiger partial charge in [-0.25, -0.2) is 4.74 Å². The maximum absolute atomic E-state index is 13.6. The summed E-state index contributed by atoms with van der Waals surface area (Å²) >= 11 is 11.5. The van der Waals surface area contributed by atoms with E-state index in [9.17, 15) is 30.7 Å². The third kappa shape index (κ3) is 4.48. The second-order valence-electron chi connectivity index (χ2n) is 4.11. The van der Waals surface area contributed by atoms with Gasteiger partial charge in [0.2, 0.25) is 0 Å². The van der Waals surface area contributed by atoms with Crippen molar-refractivity contribution in [3.05, 3.63) is 29.8 Å². The van der Waals surface area contributed by atoms with Crippen molar-refractivity contribution in [1.82, 2.24) is 0 Å². The van der Waals surface area contributed by atoms with Gasteiger partial charge in [0.15, 0.2) is 0 Å². The van der Waals surface area contributed by atoms with Gasteiger partial charge >= 0.3 is 18.4 Å². The van der Waals surface area contributed by atoms with Gasteiger partial charge in [-0.2, -0.15) is 17.6 Å². The number of halogens is 9. The zero-order chi connectivity index (χ0) is 16.7. The summed E-state index contributed by atoms with van der Waals surface area (Å²) in [6.45, 7) is -1.83. The van der Waals surface area contributed by atoms with E-state index >= 15 is 0 Å². The molecule has 0 aromatic heterocycles. The molecular weight excluding hydrogens is 368 g/mol. The average Bonchev–Trinajstić information content (AvgIpc) is 2.24. The smallest absolute Gasteiger partial charge is 0.221 e. The van der Waals surface area contributed by atoms with Crippen LogP contribution >= 0.6 is 22.2 Å². The summed E-state index contributed by atoms with van der Waals surface area (Å²) in [5, 5.41) is -0.0502. The van der Waals surface area contributed by atoms with E-state index in [1.807, 2.05) is 0 Å². The Balaban J connectivity index is 3.24. The van der Waals surface area contributed by atoms with E-state index in [1.165, 1.54) is 12.6 Å². The van der Waals surface area contributed by atoms with E-state index < -0.39 is 30.7 Å². The highest BCUT2D eigenvalue weighted by molar-refractivity contribution is 7.50. The summed E-state index contributed by atoms with van der Waals surface area (Å²) in [5.74, 6) is -5.22. The summed E-state index contributed by atoms with van der Waals surface area (Å²) in [6, 6.07) is 3.23. The molecule has 11 heteroatoms. The molecule has 0 aliphatic rings. The Morgan fingerprint density at radius 2 is 1.52 bits per heavy atom. The van der Waals surface area contributed by atoms with Crippen LogP contribution < -0.4 is 5.19 Å². The lowest BCUT2D eigenvalue weighted by atomic mass is 10.1. The average molecular weight is 375 g/mol. The minimum atomic E-state index is -5.92. The third-order valence-electron chi connectivity index (χ3n) is 2.34. The van der Waals surface area contributed by atoms with Crippen LogP contribution in [0.3, 0.4) is 0 Å². The van der Waals surface area contributed by atoms with Crippen molar-refractivity contribution in [3.63, 3.8) is 0 Å². The number of alkyl halides is 7. The van der Waals surface area contributed by atoms with Crippen LogP contribution in [0.25, 0.3) is 0 Å². The molecule has 0 spiro atoms. The second kappa shape index (κ2) is 5.60. The van der Waals surface area contributed by atoms with Crippen LogP contribution in [0.1, 0.15) is 5.56 Å². The van der Waals surface area contributed by atoms with Crippen LogP contribution in [0.15, 0.2) is 24.3 Å². The van der Waals surface area contributed by atoms with Crippen LogP contribution in [-0.4, -0.2) is 19.2 Å². The van der Waals surface area contributed by atoms with Gasteiger partial charge in [0.25, 0.3) is 6.69 Å². The summed E-state index contributed by atoms with van der Waals surface area (Å²) in [7, 11) is 0. The van der Waals surface area contributed by atoms with Gasteiger partial charge in [0, 0.05) is 5.56 Å². The first-order valence-electron chi connectivity index (χ1n) is 5.18. The first-order chi connectivity index (χ1) is 9.17. The Morgan fingerprint density at radius 1 is 1.00 bits per heavy atom. The molecule has 1 aromatic rings. The Hall–Kier alpha value is -0.513. The zero-order valence-electron chi connectivity index (χ0n) is 10.1. The van der Waals surface area contributed by atoms with Gasteiger partial charge in [-0.05, 0) is 11.7 Å². The highest BCUT2D eigenvalue weighted by Gasteiger charge is 2.63. The first-order valence-corrected chi connectivity index (χ1v) is 9.70. The largest absolute Gasteiger partial charge is 0.527 e. The molecule has 1 aromatic carbocycles. The molecule has 120 valence electrons. The molecule has 0 fully saturated rings. The molecule has 21 heavy (non-hydrogen) atoms. The minimum absolute atomic E-state index is 0.0502. The van der Waals surface area contributed by atoms with Crippen molar-refractivity contribution in [2.75, 3.05) is 0 Å². The molecule has 1 rings (SSSR count). The van der Waals surface area contributed by atoms with E-state index in [0.717, 1.165) is 6.07 Å². The SMILES string of the molecule is C[Si](Cl)(Cl)c1cccc(C(F)(F)C(F)(F)OC(F)(F)F)c1. The first kappa shape index (κ1) is 18.5. The second-order valence-corrected chi connectivity index (χ2v) is 11.6. The fourth-order valence-electron chi connectivity index (χ4n) is 1.37. The van der Waals surface area contributed by atoms with E-state index in [-0.39, 0.29) is 5.19 Å². The molecule has 0 saturated carbocycles. The van der Waals surface area contributed by atoms with E-state index in [0.29, 0.717) is 12.1 Å². The number of benzene rings is 1. The number of ether oxygens (including phenoxy) is 1. The fraction of sp³-hybridized carbons (Fsp3) is 0.400. The highest BCUT2D eigenvalue weighted by Crippen LogP contribution is 2.46. The van der Waals surface area contributed by atoms with Gasteiger partial charge in [-0.1, -0.05) is 24.3 Å². The highest BCUT2D eigenvalue weighted by atomic mass is 35.7. The lowest BCUT2D eigenvalue weighted by Crippen LogP contribution is -2.45. The number of rotatable bonds is 4. The Morgan fingerprint density at radius 3 is 1.95 bits per heavy atom. The van der Waals surface area contributed by atoms with Gasteiger partial charge < -0.3 is 0 Å². The number of hydrogen-bond donors (Lipinski definition) is 0. The van der Waals surface area contributed by atoms with Crippen LogP contribution in [0.4, 0.5) is 30.7 Å². The summed E-state index contributed by atoms with van der Waals surface area (Å²) in [5.41, 5.74) is -1.38. The van der Waals surface area contributed by atoms with E-state index in [1.54, 1.807) is 0 Å². The van der Waals surface area contributed by atoms with Gasteiger partial charge in [-0.3, -0.25) is 0 Å². The predicted octanol–water partition coefficient (Wildman–Crippen LogP) is 4.66. The molecule has 1 nitrogen and oxygen atoms in total. The minimum Gasteiger partial charge on any atom is -0.221 e. The molecule has 0 atom stereocenters. The van der Waals surface area contributed by atoms with Gasteiger partial charge in [-0.15, -0.1) is 35.3 Å². The Labute approximate surface area is 125 Å². The quantitative estimate of drug-likeness (QED) is 0.423. The van der Waals surface area contributed by atoms with Gasteiger partial charge in [0.1, 0.15) is 0 Å². The molecule has 0 radical (unpaired) electrons. The third-order valence-corrected chi connectivity index (χ3v) is 4.98. The molecule has 0 bridgehead atoms. The van der Waals surface area contributed by atoms with Crippen molar-refractivity contribution in [2.24, 2.45) is 0 Å². The number of hydrogen-bond acceptors (Lipinski definition) is 1. The fourth-order valence-corrected chi connectivity index (χ4v) is 2.87. The molecule has 0 saturated heterocycles. The maximum atomic E-state index is 13.6. The Kier molecular flexibility index (Phi) is 4.94. The standard InChI is InChI=1S/C10H7Cl2F7OSi/c1-21(11,12)7-4-2-3-6(5-7)8(13,14)9(15,16)20-10(17,18)19/h2-5H,1H3. The van der Waals surface area contributed by atoms with Crippen LogP contribution in [-0.2, 0) is 10.7 Å².